The molecule has 3 rings (SSSR count). The van der Waals surface area contributed by atoms with Gasteiger partial charge in [-0.15, -0.1) is 0 Å². The average Bonchev–Trinajstić information content (AvgIpc) is 2.65. The number of piperidine rings is 1. The van der Waals surface area contributed by atoms with Crippen LogP contribution >= 0.6 is 0 Å². The Kier molecular flexibility index (Phi) is 5.46. The molecule has 5 nitrogen and oxygen atoms in total. The highest BCUT2D eigenvalue weighted by atomic mass is 16.2. The molecule has 0 saturated carbocycles. The number of benzene rings is 2. The summed E-state index contributed by atoms with van der Waals surface area (Å²) in [6.07, 6.45) is 2.05. The monoisotopic (exact) mass is 337 g/mol. The molecule has 0 spiro atoms. The minimum atomic E-state index is -0.183. The van der Waals surface area contributed by atoms with Gasteiger partial charge in [0.15, 0.2) is 0 Å². The van der Waals surface area contributed by atoms with Gasteiger partial charge in [-0.2, -0.15) is 0 Å². The van der Waals surface area contributed by atoms with Gasteiger partial charge in [0.05, 0.1) is 0 Å². The standard InChI is InChI=1S/C20H23N3O2/c1-14-9-10-16(20(25)22-17-8-5-11-21-13-17)12-18(14)23-19(24)15-6-3-2-4-7-15/h2-4,6-7,9-10,12,17,21H,5,8,11,13H2,1H3,(H,22,25)(H,23,24). The van der Waals surface area contributed by atoms with E-state index in [1.54, 1.807) is 24.3 Å². The zero-order valence-corrected chi connectivity index (χ0v) is 14.3. The van der Waals surface area contributed by atoms with Crippen LogP contribution in [-0.2, 0) is 0 Å². The van der Waals surface area contributed by atoms with Gasteiger partial charge >= 0.3 is 0 Å². The Labute approximate surface area is 147 Å². The van der Waals surface area contributed by atoms with E-state index in [0.29, 0.717) is 16.8 Å². The SMILES string of the molecule is Cc1ccc(C(=O)NC2CCCNC2)cc1NC(=O)c1ccccc1. The van der Waals surface area contributed by atoms with Gasteiger partial charge in [-0.25, -0.2) is 0 Å². The van der Waals surface area contributed by atoms with Gasteiger partial charge in [0.2, 0.25) is 0 Å². The fraction of sp³-hybridized carbons (Fsp3) is 0.300. The van der Waals surface area contributed by atoms with Crippen LogP contribution in [0, 0.1) is 6.92 Å². The second kappa shape index (κ2) is 7.94. The molecule has 25 heavy (non-hydrogen) atoms. The first-order valence-corrected chi connectivity index (χ1v) is 8.62. The number of hydrogen-bond donors (Lipinski definition) is 3. The van der Waals surface area contributed by atoms with Crippen molar-refractivity contribution in [1.82, 2.24) is 10.6 Å². The topological polar surface area (TPSA) is 70.2 Å². The Morgan fingerprint density at radius 2 is 1.84 bits per heavy atom. The van der Waals surface area contributed by atoms with E-state index in [-0.39, 0.29) is 17.9 Å². The van der Waals surface area contributed by atoms with E-state index in [1.165, 1.54) is 0 Å². The van der Waals surface area contributed by atoms with Gasteiger partial charge in [0.25, 0.3) is 11.8 Å². The van der Waals surface area contributed by atoms with E-state index in [2.05, 4.69) is 16.0 Å². The summed E-state index contributed by atoms with van der Waals surface area (Å²) in [6.45, 7) is 3.72. The Balaban J connectivity index is 1.71. The van der Waals surface area contributed by atoms with Crippen LogP contribution in [0.5, 0.6) is 0 Å². The van der Waals surface area contributed by atoms with E-state index in [1.807, 2.05) is 31.2 Å². The maximum atomic E-state index is 12.5. The second-order valence-electron chi connectivity index (χ2n) is 6.37. The van der Waals surface area contributed by atoms with E-state index >= 15 is 0 Å². The molecule has 2 amide bonds. The van der Waals surface area contributed by atoms with Crippen molar-refractivity contribution in [2.45, 2.75) is 25.8 Å². The van der Waals surface area contributed by atoms with Crippen molar-refractivity contribution in [3.63, 3.8) is 0 Å². The molecule has 1 heterocycles. The fourth-order valence-electron chi connectivity index (χ4n) is 2.93. The normalized spacial score (nSPS) is 16.9. The lowest BCUT2D eigenvalue weighted by molar-refractivity contribution is 0.0929. The molecule has 0 bridgehead atoms. The molecule has 2 aromatic carbocycles. The van der Waals surface area contributed by atoms with Crippen LogP contribution in [0.15, 0.2) is 48.5 Å². The first-order chi connectivity index (χ1) is 12.1. The molecule has 0 aliphatic carbocycles. The van der Waals surface area contributed by atoms with E-state index in [4.69, 9.17) is 0 Å². The summed E-state index contributed by atoms with van der Waals surface area (Å²) >= 11 is 0. The minimum Gasteiger partial charge on any atom is -0.348 e. The first-order valence-electron chi connectivity index (χ1n) is 8.62. The number of rotatable bonds is 4. The minimum absolute atomic E-state index is 0.107. The van der Waals surface area contributed by atoms with Gasteiger partial charge in [-0.05, 0) is 56.1 Å². The average molecular weight is 337 g/mol. The molecule has 1 saturated heterocycles. The molecule has 3 N–H and O–H groups in total. The van der Waals surface area contributed by atoms with E-state index in [9.17, 15) is 9.59 Å². The molecule has 1 atom stereocenters. The third-order valence-electron chi connectivity index (χ3n) is 4.42. The van der Waals surface area contributed by atoms with Crippen molar-refractivity contribution in [1.29, 1.82) is 0 Å². The lowest BCUT2D eigenvalue weighted by Gasteiger charge is -2.24. The third-order valence-corrected chi connectivity index (χ3v) is 4.42. The lowest BCUT2D eigenvalue weighted by Crippen LogP contribution is -2.45. The van der Waals surface area contributed by atoms with E-state index in [0.717, 1.165) is 31.5 Å². The van der Waals surface area contributed by atoms with Crippen molar-refractivity contribution >= 4 is 17.5 Å². The Morgan fingerprint density at radius 3 is 2.56 bits per heavy atom. The number of carbonyl (C=O) groups excluding carboxylic acids is 2. The van der Waals surface area contributed by atoms with Crippen LogP contribution in [-0.4, -0.2) is 30.9 Å². The highest BCUT2D eigenvalue weighted by Crippen LogP contribution is 2.18. The summed E-state index contributed by atoms with van der Waals surface area (Å²) in [5, 5.41) is 9.23. The summed E-state index contributed by atoms with van der Waals surface area (Å²) in [7, 11) is 0. The lowest BCUT2D eigenvalue weighted by atomic mass is 10.1. The van der Waals surface area contributed by atoms with Gasteiger partial charge in [0, 0.05) is 29.4 Å². The second-order valence-corrected chi connectivity index (χ2v) is 6.37. The van der Waals surface area contributed by atoms with Gasteiger partial charge < -0.3 is 16.0 Å². The van der Waals surface area contributed by atoms with Gasteiger partial charge in [0.1, 0.15) is 0 Å². The zero-order valence-electron chi connectivity index (χ0n) is 14.3. The van der Waals surface area contributed by atoms with Crippen LogP contribution in [0.2, 0.25) is 0 Å². The van der Waals surface area contributed by atoms with Gasteiger partial charge in [-0.1, -0.05) is 24.3 Å². The van der Waals surface area contributed by atoms with E-state index < -0.39 is 0 Å². The Bertz CT molecular complexity index is 753. The molecule has 0 aromatic heterocycles. The third kappa shape index (κ3) is 4.45. The molecule has 2 aromatic rings. The maximum absolute atomic E-state index is 12.5. The summed E-state index contributed by atoms with van der Waals surface area (Å²) in [5.74, 6) is -0.290. The number of nitrogens with one attached hydrogen (secondary N) is 3. The summed E-state index contributed by atoms with van der Waals surface area (Å²) in [5.41, 5.74) is 2.72. The molecular weight excluding hydrogens is 314 g/mol. The van der Waals surface area contributed by atoms with Crippen LogP contribution < -0.4 is 16.0 Å². The van der Waals surface area contributed by atoms with Crippen molar-refractivity contribution in [2.24, 2.45) is 0 Å². The highest BCUT2D eigenvalue weighted by Gasteiger charge is 2.17. The molecule has 1 aliphatic heterocycles. The van der Waals surface area contributed by atoms with Crippen LogP contribution in [0.3, 0.4) is 0 Å². The number of aryl methyl sites for hydroxylation is 1. The van der Waals surface area contributed by atoms with Crippen molar-refractivity contribution in [2.75, 3.05) is 18.4 Å². The van der Waals surface area contributed by atoms with Crippen LogP contribution in [0.25, 0.3) is 0 Å². The summed E-state index contributed by atoms with van der Waals surface area (Å²) < 4.78 is 0. The predicted octanol–water partition coefficient (Wildman–Crippen LogP) is 2.73. The predicted molar refractivity (Wildman–Crippen MR) is 98.9 cm³/mol. The maximum Gasteiger partial charge on any atom is 0.255 e. The number of carbonyl (C=O) groups is 2. The number of amides is 2. The molecule has 0 radical (unpaired) electrons. The quantitative estimate of drug-likeness (QED) is 0.803. The Morgan fingerprint density at radius 1 is 1.04 bits per heavy atom. The molecule has 130 valence electrons. The molecule has 1 aliphatic rings. The highest BCUT2D eigenvalue weighted by molar-refractivity contribution is 6.05. The van der Waals surface area contributed by atoms with Gasteiger partial charge in [-0.3, -0.25) is 9.59 Å². The first kappa shape index (κ1) is 17.2. The van der Waals surface area contributed by atoms with Crippen molar-refractivity contribution in [3.8, 4) is 0 Å². The molecule has 5 heteroatoms. The fourth-order valence-corrected chi connectivity index (χ4v) is 2.93. The molecule has 1 fully saturated rings. The van der Waals surface area contributed by atoms with Crippen molar-refractivity contribution < 1.29 is 9.59 Å². The molecule has 1 unspecified atom stereocenters. The molecular formula is C20H23N3O2. The summed E-state index contributed by atoms with van der Waals surface area (Å²) in [4.78, 5) is 24.8. The van der Waals surface area contributed by atoms with Crippen LogP contribution in [0.4, 0.5) is 5.69 Å². The summed E-state index contributed by atoms with van der Waals surface area (Å²) in [6, 6.07) is 14.6. The van der Waals surface area contributed by atoms with Crippen molar-refractivity contribution in [3.05, 3.63) is 65.2 Å². The Hall–Kier alpha value is -2.66. The smallest absolute Gasteiger partial charge is 0.255 e. The largest absolute Gasteiger partial charge is 0.348 e. The van der Waals surface area contributed by atoms with Crippen LogP contribution in [0.1, 0.15) is 39.1 Å². The number of hydrogen-bond acceptors (Lipinski definition) is 3. The zero-order chi connectivity index (χ0) is 17.6. The number of anilines is 1.